The van der Waals surface area contributed by atoms with Crippen LogP contribution in [0.5, 0.6) is 0 Å². The minimum absolute atomic E-state index is 0.0324. The van der Waals surface area contributed by atoms with Crippen molar-refractivity contribution >= 4 is 5.91 Å². The molecule has 2 heterocycles. The van der Waals surface area contributed by atoms with E-state index in [0.29, 0.717) is 0 Å². The van der Waals surface area contributed by atoms with Crippen LogP contribution in [0.3, 0.4) is 0 Å². The lowest BCUT2D eigenvalue weighted by molar-refractivity contribution is 0.0937. The summed E-state index contributed by atoms with van der Waals surface area (Å²) in [6, 6.07) is 2.07. The van der Waals surface area contributed by atoms with Crippen LogP contribution in [0, 0.1) is 6.92 Å². The fourth-order valence-corrected chi connectivity index (χ4v) is 2.22. The molecule has 0 saturated heterocycles. The van der Waals surface area contributed by atoms with E-state index < -0.39 is 0 Å². The molecular weight excluding hydrogens is 200 g/mol. The number of rotatable bonds is 0. The second kappa shape index (κ2) is 3.89. The van der Waals surface area contributed by atoms with Gasteiger partial charge in [-0.2, -0.15) is 0 Å². The van der Waals surface area contributed by atoms with Gasteiger partial charge in [-0.3, -0.25) is 9.78 Å². The lowest BCUT2D eigenvalue weighted by atomic mass is 9.88. The number of carbonyl (C=O) groups is 1. The molecule has 1 spiro atoms. The minimum Gasteiger partial charge on any atom is -0.351 e. The number of fused-ring (bicyclic) bond motifs is 2. The predicted molar refractivity (Wildman–Crippen MR) is 63.6 cm³/mol. The maximum Gasteiger partial charge on any atom is 0.253 e. The molecule has 1 fully saturated rings. The summed E-state index contributed by atoms with van der Waals surface area (Å²) in [5.74, 6) is 0.0324. The van der Waals surface area contributed by atoms with Crippen molar-refractivity contribution in [2.45, 2.75) is 39.0 Å². The molecule has 0 radical (unpaired) electrons. The molecule has 1 aromatic heterocycles. The van der Waals surface area contributed by atoms with Crippen LogP contribution < -0.4 is 5.32 Å². The van der Waals surface area contributed by atoms with Crippen molar-refractivity contribution in [1.82, 2.24) is 10.3 Å². The monoisotopic (exact) mass is 218 g/mol. The minimum atomic E-state index is 0.0324. The van der Waals surface area contributed by atoms with Gasteiger partial charge in [0.2, 0.25) is 0 Å². The highest BCUT2D eigenvalue weighted by Crippen LogP contribution is 2.50. The molecule has 2 aliphatic rings. The van der Waals surface area contributed by atoms with Gasteiger partial charge in [0, 0.05) is 23.9 Å². The number of nitrogens with one attached hydrogen (secondary N) is 1. The highest BCUT2D eigenvalue weighted by Gasteiger charge is 2.48. The van der Waals surface area contributed by atoms with E-state index in [1.54, 1.807) is 6.20 Å². The smallest absolute Gasteiger partial charge is 0.253 e. The molecule has 3 nitrogen and oxygen atoms in total. The van der Waals surface area contributed by atoms with Gasteiger partial charge >= 0.3 is 0 Å². The number of carbonyl (C=O) groups excluding carboxylic acids is 1. The van der Waals surface area contributed by atoms with Crippen molar-refractivity contribution in [3.05, 3.63) is 29.1 Å². The van der Waals surface area contributed by atoms with Crippen molar-refractivity contribution in [1.29, 1.82) is 0 Å². The molecule has 0 aromatic carbocycles. The first kappa shape index (κ1) is 11.1. The Labute approximate surface area is 96.3 Å². The molecule has 0 atom stereocenters. The largest absolute Gasteiger partial charge is 0.351 e. The van der Waals surface area contributed by atoms with Gasteiger partial charge in [0.05, 0.1) is 5.56 Å². The Morgan fingerprint density at radius 1 is 1.38 bits per heavy atom. The normalized spacial score (nSPS) is 19.3. The van der Waals surface area contributed by atoms with Crippen LogP contribution in [0.2, 0.25) is 0 Å². The van der Waals surface area contributed by atoms with E-state index >= 15 is 0 Å². The van der Waals surface area contributed by atoms with Crippen LogP contribution in [0.4, 0.5) is 0 Å². The molecule has 1 aliphatic carbocycles. The van der Waals surface area contributed by atoms with Crippen LogP contribution in [-0.2, 0) is 5.41 Å². The van der Waals surface area contributed by atoms with E-state index in [0.717, 1.165) is 17.8 Å². The lowest BCUT2D eigenvalue weighted by Gasteiger charge is -2.25. The maximum atomic E-state index is 11.6. The number of hydrogen-bond donors (Lipinski definition) is 1. The first-order valence-electron chi connectivity index (χ1n) is 5.97. The quantitative estimate of drug-likeness (QED) is 0.725. The summed E-state index contributed by atoms with van der Waals surface area (Å²) in [6.45, 7) is 6.78. The number of hydrogen-bond acceptors (Lipinski definition) is 2. The third kappa shape index (κ3) is 1.60. The first-order chi connectivity index (χ1) is 7.71. The average Bonchev–Trinajstić information content (AvgIpc) is 3.08. The summed E-state index contributed by atoms with van der Waals surface area (Å²) in [5.41, 5.74) is 3.26. The van der Waals surface area contributed by atoms with Crippen molar-refractivity contribution in [2.75, 3.05) is 6.54 Å². The van der Waals surface area contributed by atoms with Crippen molar-refractivity contribution in [3.63, 3.8) is 0 Å². The predicted octanol–water partition coefficient (Wildman–Crippen LogP) is 2.19. The number of aryl methyl sites for hydroxylation is 1. The highest BCUT2D eigenvalue weighted by atomic mass is 16.1. The molecule has 3 heteroatoms. The molecule has 1 amide bonds. The molecule has 0 bridgehead atoms. The Morgan fingerprint density at radius 2 is 2.06 bits per heavy atom. The van der Waals surface area contributed by atoms with Crippen molar-refractivity contribution in [3.8, 4) is 0 Å². The Morgan fingerprint density at radius 3 is 2.69 bits per heavy atom. The van der Waals surface area contributed by atoms with Gasteiger partial charge in [0.25, 0.3) is 5.91 Å². The average molecular weight is 218 g/mol. The second-order valence-corrected chi connectivity index (χ2v) is 4.33. The van der Waals surface area contributed by atoms with Crippen LogP contribution in [-0.4, -0.2) is 17.4 Å². The summed E-state index contributed by atoms with van der Waals surface area (Å²) in [6.07, 6.45) is 4.10. The summed E-state index contributed by atoms with van der Waals surface area (Å²) in [5, 5.41) is 2.93. The molecule has 0 unspecified atom stereocenters. The molecule has 86 valence electrons. The van der Waals surface area contributed by atoms with E-state index in [2.05, 4.69) is 16.4 Å². The Kier molecular flexibility index (Phi) is 2.70. The number of nitrogens with zero attached hydrogens (tertiary/aromatic N) is 1. The molecule has 16 heavy (non-hydrogen) atoms. The van der Waals surface area contributed by atoms with Crippen LogP contribution in [0.1, 0.15) is 48.3 Å². The van der Waals surface area contributed by atoms with E-state index in [9.17, 15) is 4.79 Å². The molecule has 1 N–H and O–H groups in total. The van der Waals surface area contributed by atoms with Gasteiger partial charge in [-0.05, 0) is 31.4 Å². The summed E-state index contributed by atoms with van der Waals surface area (Å²) >= 11 is 0. The third-order valence-corrected chi connectivity index (χ3v) is 3.30. The van der Waals surface area contributed by atoms with E-state index in [4.69, 9.17) is 0 Å². The Hall–Kier alpha value is -1.38. The molecule has 1 aromatic rings. The van der Waals surface area contributed by atoms with Crippen LogP contribution in [0.25, 0.3) is 0 Å². The third-order valence-electron chi connectivity index (χ3n) is 3.30. The zero-order valence-corrected chi connectivity index (χ0v) is 10.1. The SMILES string of the molecule is CC.Cc1cc2c(cn1)C(=O)NCC21CC1. The van der Waals surface area contributed by atoms with Gasteiger partial charge in [0.1, 0.15) is 0 Å². The Bertz CT molecular complexity index is 422. The lowest BCUT2D eigenvalue weighted by Crippen LogP contribution is -2.39. The summed E-state index contributed by atoms with van der Waals surface area (Å²) in [7, 11) is 0. The van der Waals surface area contributed by atoms with E-state index in [1.807, 2.05) is 20.8 Å². The fraction of sp³-hybridized carbons (Fsp3) is 0.538. The Balaban J connectivity index is 0.000000457. The van der Waals surface area contributed by atoms with E-state index in [-0.39, 0.29) is 11.3 Å². The second-order valence-electron chi connectivity index (χ2n) is 4.33. The van der Waals surface area contributed by atoms with Gasteiger partial charge in [0.15, 0.2) is 0 Å². The fourth-order valence-electron chi connectivity index (χ4n) is 2.22. The zero-order valence-electron chi connectivity index (χ0n) is 10.1. The van der Waals surface area contributed by atoms with Gasteiger partial charge in [-0.15, -0.1) is 0 Å². The van der Waals surface area contributed by atoms with Crippen LogP contribution >= 0.6 is 0 Å². The standard InChI is InChI=1S/C11H12N2O.C2H6/c1-7-4-9-8(5-12-7)10(14)13-6-11(9)2-3-11;1-2/h4-5H,2-3,6H2,1H3,(H,13,14);1-2H3. The molecular formula is C13H18N2O. The molecule has 1 aliphatic heterocycles. The van der Waals surface area contributed by atoms with Gasteiger partial charge in [-0.25, -0.2) is 0 Å². The van der Waals surface area contributed by atoms with Gasteiger partial charge in [-0.1, -0.05) is 13.8 Å². The number of pyridine rings is 1. The van der Waals surface area contributed by atoms with Crippen molar-refractivity contribution < 1.29 is 4.79 Å². The number of aromatic nitrogens is 1. The van der Waals surface area contributed by atoms with Gasteiger partial charge < -0.3 is 5.32 Å². The maximum absolute atomic E-state index is 11.6. The van der Waals surface area contributed by atoms with Crippen molar-refractivity contribution in [2.24, 2.45) is 0 Å². The van der Waals surface area contributed by atoms with E-state index in [1.165, 1.54) is 18.4 Å². The number of amides is 1. The zero-order chi connectivity index (χ0) is 11.8. The molecule has 3 rings (SSSR count). The highest BCUT2D eigenvalue weighted by molar-refractivity contribution is 5.97. The summed E-state index contributed by atoms with van der Waals surface area (Å²) in [4.78, 5) is 15.7. The van der Waals surface area contributed by atoms with Crippen LogP contribution in [0.15, 0.2) is 12.3 Å². The summed E-state index contributed by atoms with van der Waals surface area (Å²) < 4.78 is 0. The molecule has 1 saturated carbocycles. The first-order valence-corrected chi connectivity index (χ1v) is 5.97. The topological polar surface area (TPSA) is 42.0 Å².